The number of H-pyrrole nitrogens is 2. The van der Waals surface area contributed by atoms with Crippen LogP contribution in [0.25, 0.3) is 110 Å². The van der Waals surface area contributed by atoms with Crippen LogP contribution in [-0.2, 0) is 24.2 Å². The quantitative estimate of drug-likeness (QED) is 0.117. The fourth-order valence-electron chi connectivity index (χ4n) is 11.1. The smallest absolute Gasteiger partial charge is 0.147 e. The summed E-state index contributed by atoms with van der Waals surface area (Å²) in [5, 5.41) is 14.4. The van der Waals surface area contributed by atoms with E-state index in [2.05, 4.69) is 71.5 Å². The lowest BCUT2D eigenvalue weighted by Gasteiger charge is -2.32. The summed E-state index contributed by atoms with van der Waals surface area (Å²) < 4.78 is 30.5. The zero-order valence-corrected chi connectivity index (χ0v) is 42.6. The molecule has 75 heavy (non-hydrogen) atoms. The largest absolute Gasteiger partial charge is 0.496 e. The van der Waals surface area contributed by atoms with Crippen LogP contribution in [0.4, 0.5) is 0 Å². The minimum absolute atomic E-state index is 0.216. The summed E-state index contributed by atoms with van der Waals surface area (Å²) in [6, 6.07) is 28.7. The number of para-hydroxylation sites is 2. The van der Waals surface area contributed by atoms with Gasteiger partial charge in [0.2, 0.25) is 0 Å². The molecular formula is C58H52N12O5. The van der Waals surface area contributed by atoms with Crippen molar-refractivity contribution in [3.8, 4) is 56.3 Å². The van der Waals surface area contributed by atoms with Gasteiger partial charge in [-0.1, -0.05) is 46.7 Å². The van der Waals surface area contributed by atoms with Crippen molar-refractivity contribution in [3.05, 3.63) is 132 Å². The van der Waals surface area contributed by atoms with Crippen molar-refractivity contribution < 1.29 is 23.3 Å². The third-order valence-corrected chi connectivity index (χ3v) is 14.4. The Kier molecular flexibility index (Phi) is 11.3. The fourth-order valence-corrected chi connectivity index (χ4v) is 11.1. The second-order valence-electron chi connectivity index (χ2n) is 19.6. The Morgan fingerprint density at radius 3 is 1.79 bits per heavy atom. The number of aromatic nitrogens is 10. The van der Waals surface area contributed by atoms with E-state index in [0.29, 0.717) is 73.9 Å². The van der Waals surface area contributed by atoms with Gasteiger partial charge in [0, 0.05) is 86.7 Å². The molecule has 2 N–H and O–H groups in total. The Bertz CT molecular complexity index is 4180. The highest BCUT2D eigenvalue weighted by molar-refractivity contribution is 6.17. The Hall–Kier alpha value is -8.64. The summed E-state index contributed by atoms with van der Waals surface area (Å²) in [6.07, 6.45) is 3.94. The summed E-state index contributed by atoms with van der Waals surface area (Å²) in [6.45, 7) is 8.69. The number of nitrogens with one attached hydrogen (secondary N) is 2. The minimum Gasteiger partial charge on any atom is -0.496 e. The Morgan fingerprint density at radius 1 is 0.640 bits per heavy atom. The van der Waals surface area contributed by atoms with Gasteiger partial charge < -0.3 is 38.1 Å². The molecule has 17 nitrogen and oxygen atoms in total. The summed E-state index contributed by atoms with van der Waals surface area (Å²) in [7, 11) is 7.41. The summed E-state index contributed by atoms with van der Waals surface area (Å²) in [5.41, 5.74) is 13.6. The molecular weight excluding hydrogens is 945 g/mol. The molecule has 1 fully saturated rings. The van der Waals surface area contributed by atoms with Gasteiger partial charge >= 0.3 is 0 Å². The number of rotatable bonds is 12. The van der Waals surface area contributed by atoms with E-state index in [1.54, 1.807) is 14.2 Å². The number of benzene rings is 4. The highest BCUT2D eigenvalue weighted by atomic mass is 16.5. The predicted molar refractivity (Wildman–Crippen MR) is 289 cm³/mol. The van der Waals surface area contributed by atoms with Crippen molar-refractivity contribution in [2.75, 3.05) is 48.0 Å². The number of nitrogens with zero attached hydrogens (tertiary/aromatic N) is 10. The van der Waals surface area contributed by atoms with Crippen LogP contribution in [0.1, 0.15) is 34.6 Å². The van der Waals surface area contributed by atoms with Crippen LogP contribution < -0.4 is 9.47 Å². The number of methoxy groups -OCH3 is 2. The molecule has 8 aromatic heterocycles. The number of ether oxygens (including phenoxy) is 3. The van der Waals surface area contributed by atoms with Gasteiger partial charge in [0.25, 0.3) is 0 Å². The average Bonchev–Trinajstić information content (AvgIpc) is 4.18. The molecule has 1 unspecified atom stereocenters. The molecule has 12 aromatic rings. The van der Waals surface area contributed by atoms with E-state index in [9.17, 15) is 0 Å². The zero-order valence-electron chi connectivity index (χ0n) is 42.6. The maximum Gasteiger partial charge on any atom is 0.147 e. The monoisotopic (exact) mass is 996 g/mol. The van der Waals surface area contributed by atoms with E-state index < -0.39 is 0 Å². The molecule has 13 rings (SSSR count). The van der Waals surface area contributed by atoms with Crippen molar-refractivity contribution in [2.45, 2.75) is 46.4 Å². The summed E-state index contributed by atoms with van der Waals surface area (Å²) >= 11 is 0. The van der Waals surface area contributed by atoms with Gasteiger partial charge in [-0.2, -0.15) is 0 Å². The number of fused-ring (bicyclic) bond motifs is 8. The van der Waals surface area contributed by atoms with E-state index in [0.717, 1.165) is 122 Å². The van der Waals surface area contributed by atoms with Crippen LogP contribution in [0.2, 0.25) is 0 Å². The van der Waals surface area contributed by atoms with E-state index in [4.69, 9.17) is 48.2 Å². The first-order valence-electron chi connectivity index (χ1n) is 25.0. The molecule has 4 aromatic carbocycles. The number of morpholine rings is 1. The maximum atomic E-state index is 6.51. The zero-order chi connectivity index (χ0) is 51.1. The van der Waals surface area contributed by atoms with Crippen LogP contribution in [-0.4, -0.2) is 114 Å². The van der Waals surface area contributed by atoms with Gasteiger partial charge in [-0.15, -0.1) is 0 Å². The third-order valence-electron chi connectivity index (χ3n) is 14.4. The van der Waals surface area contributed by atoms with Crippen LogP contribution in [0, 0.1) is 20.8 Å². The fraction of sp³-hybridized carbons (Fsp3) is 0.241. The Labute approximate surface area is 429 Å². The molecule has 0 saturated carbocycles. The van der Waals surface area contributed by atoms with Crippen LogP contribution in [0.15, 0.2) is 106 Å². The number of hydrogen-bond donors (Lipinski definition) is 2. The van der Waals surface area contributed by atoms with Gasteiger partial charge in [0.05, 0.1) is 95.7 Å². The molecule has 0 aliphatic carbocycles. The molecule has 17 heteroatoms. The SMILES string of the molecule is COc1cc2c(cc1-c1c(C)noc1C)[nH]c1nc(CN3CCOC(Cc4onc(C)c4-c4cc5[nH]c6nc(CN(C)C)nc(-c7ccnc8ccccc78)c6c5cc4OC)C3)nc(-c3ccnc4ccccc34)c12. The lowest BCUT2D eigenvalue weighted by molar-refractivity contribution is -0.0336. The lowest BCUT2D eigenvalue weighted by atomic mass is 9.97. The molecule has 374 valence electrons. The normalized spacial score (nSPS) is 14.5. The van der Waals surface area contributed by atoms with Gasteiger partial charge in [-0.25, -0.2) is 19.9 Å². The van der Waals surface area contributed by atoms with Gasteiger partial charge in [0.1, 0.15) is 46.0 Å². The standard InChI is InChI=1S/C58H52N12O5/c1-30-51(32(3)74-67-30)40-23-44-38(25-46(40)71-6)54-56(37-17-19-60-43-15-11-9-13-35(37)43)64-50(66-58(54)61-44)29-70-20-21-73-33(27-70)22-48-52(31(2)68-75-48)41-24-45-39(26-47(41)72-7)53-55(63-49(28-69(4)5)65-57(53)62-45)36-16-18-59-42-14-10-8-12-34(36)42/h8-19,23-26,33H,20-22,27-29H2,1-7H3,(H,61,64,66)(H,62,63,65). The Balaban J connectivity index is 0.847. The molecule has 1 saturated heterocycles. The Morgan fingerprint density at radius 2 is 1.20 bits per heavy atom. The third kappa shape index (κ3) is 7.98. The first-order chi connectivity index (χ1) is 36.6. The molecule has 9 heterocycles. The first kappa shape index (κ1) is 46.2. The number of hydrogen-bond acceptors (Lipinski definition) is 15. The molecule has 0 bridgehead atoms. The van der Waals surface area contributed by atoms with Crippen molar-refractivity contribution in [1.29, 1.82) is 0 Å². The van der Waals surface area contributed by atoms with E-state index >= 15 is 0 Å². The van der Waals surface area contributed by atoms with Crippen LogP contribution in [0.5, 0.6) is 11.5 Å². The lowest BCUT2D eigenvalue weighted by Crippen LogP contribution is -2.43. The number of aromatic amines is 2. The second-order valence-corrected chi connectivity index (χ2v) is 19.6. The van der Waals surface area contributed by atoms with Crippen molar-refractivity contribution >= 4 is 65.7 Å². The van der Waals surface area contributed by atoms with Crippen LogP contribution >= 0.6 is 0 Å². The number of aryl methyl sites for hydroxylation is 3. The summed E-state index contributed by atoms with van der Waals surface area (Å²) in [4.78, 5) is 42.0. The van der Waals surface area contributed by atoms with Crippen molar-refractivity contribution in [2.24, 2.45) is 0 Å². The first-order valence-corrected chi connectivity index (χ1v) is 25.0. The van der Waals surface area contributed by atoms with Crippen molar-refractivity contribution in [1.82, 2.24) is 60.0 Å². The minimum atomic E-state index is -0.216. The van der Waals surface area contributed by atoms with Gasteiger partial charge in [0.15, 0.2) is 0 Å². The van der Waals surface area contributed by atoms with Crippen molar-refractivity contribution in [3.63, 3.8) is 0 Å². The maximum absolute atomic E-state index is 6.51. The van der Waals surface area contributed by atoms with E-state index in [-0.39, 0.29) is 6.10 Å². The van der Waals surface area contributed by atoms with E-state index in [1.165, 1.54) is 0 Å². The van der Waals surface area contributed by atoms with Crippen LogP contribution in [0.3, 0.4) is 0 Å². The highest BCUT2D eigenvalue weighted by Gasteiger charge is 2.30. The molecule has 1 atom stereocenters. The topological polar surface area (TPSA) is 195 Å². The molecule has 1 aliphatic rings. The molecule has 0 radical (unpaired) electrons. The average molecular weight is 997 g/mol. The highest BCUT2D eigenvalue weighted by Crippen LogP contribution is 2.45. The molecule has 0 amide bonds. The summed E-state index contributed by atoms with van der Waals surface area (Å²) in [5.74, 6) is 4.17. The van der Waals surface area contributed by atoms with E-state index in [1.807, 2.05) is 95.8 Å². The molecule has 0 spiro atoms. The predicted octanol–water partition coefficient (Wildman–Crippen LogP) is 10.7. The molecule has 1 aliphatic heterocycles. The second kappa shape index (κ2) is 18.4. The van der Waals surface area contributed by atoms with Gasteiger partial charge in [-0.3, -0.25) is 14.9 Å². The van der Waals surface area contributed by atoms with Gasteiger partial charge in [-0.05, 0) is 83.4 Å². The number of pyridine rings is 2.